The predicted octanol–water partition coefficient (Wildman–Crippen LogP) is 2.77. The zero-order valence-corrected chi connectivity index (χ0v) is 11.3. The third-order valence-electron chi connectivity index (χ3n) is 3.52. The molecule has 0 atom stereocenters. The smallest absolute Gasteiger partial charge is 0.275 e. The predicted molar refractivity (Wildman–Crippen MR) is 82.2 cm³/mol. The minimum atomic E-state index is -0.206. The van der Waals surface area contributed by atoms with E-state index in [9.17, 15) is 4.79 Å². The topological polar surface area (TPSA) is 74.4 Å². The summed E-state index contributed by atoms with van der Waals surface area (Å²) in [5, 5.41) is 0.835. The number of hydrogen-bond acceptors (Lipinski definition) is 3. The number of aryl methyl sites for hydroxylation is 1. The van der Waals surface area contributed by atoms with Gasteiger partial charge in [0.2, 0.25) is 0 Å². The van der Waals surface area contributed by atoms with Crippen molar-refractivity contribution in [1.29, 1.82) is 0 Å². The molecule has 5 heteroatoms. The van der Waals surface area contributed by atoms with Crippen molar-refractivity contribution in [2.24, 2.45) is 0 Å². The number of H-pyrrole nitrogens is 2. The highest BCUT2D eigenvalue weighted by atomic mass is 16.1. The SMILES string of the molecule is Cc1cccc(-c2nc3c([nH]2)c(=O)[nH]c2ncccc23)c1. The van der Waals surface area contributed by atoms with Crippen molar-refractivity contribution in [2.75, 3.05) is 0 Å². The summed E-state index contributed by atoms with van der Waals surface area (Å²) in [4.78, 5) is 26.8. The van der Waals surface area contributed by atoms with Crippen molar-refractivity contribution in [3.05, 3.63) is 58.5 Å². The Kier molecular flexibility index (Phi) is 2.41. The van der Waals surface area contributed by atoms with E-state index < -0.39 is 0 Å². The lowest BCUT2D eigenvalue weighted by Crippen LogP contribution is -2.07. The standard InChI is InChI=1S/C16H12N4O/c1-9-4-2-5-10(8-9)14-18-12-11-6-3-7-17-15(11)20-16(21)13(12)19-14/h2-8H,1H3,(H,18,19)(H,17,20,21). The summed E-state index contributed by atoms with van der Waals surface area (Å²) in [5.41, 5.74) is 3.58. The number of imidazole rings is 1. The highest BCUT2D eigenvalue weighted by molar-refractivity contribution is 6.01. The van der Waals surface area contributed by atoms with Crippen LogP contribution in [-0.4, -0.2) is 19.9 Å². The summed E-state index contributed by atoms with van der Waals surface area (Å²) in [5.74, 6) is 0.690. The van der Waals surface area contributed by atoms with Gasteiger partial charge in [0.1, 0.15) is 22.5 Å². The molecule has 0 radical (unpaired) electrons. The van der Waals surface area contributed by atoms with E-state index in [1.165, 1.54) is 0 Å². The molecule has 0 saturated carbocycles. The van der Waals surface area contributed by atoms with Gasteiger partial charge in [-0.05, 0) is 25.1 Å². The molecular formula is C16H12N4O. The highest BCUT2D eigenvalue weighted by Crippen LogP contribution is 2.23. The molecule has 0 saturated heterocycles. The van der Waals surface area contributed by atoms with E-state index >= 15 is 0 Å². The van der Waals surface area contributed by atoms with E-state index in [1.54, 1.807) is 6.20 Å². The van der Waals surface area contributed by atoms with Crippen molar-refractivity contribution >= 4 is 22.1 Å². The molecule has 4 rings (SSSR count). The molecule has 0 bridgehead atoms. The van der Waals surface area contributed by atoms with Crippen LogP contribution >= 0.6 is 0 Å². The number of rotatable bonds is 1. The molecule has 0 aliphatic heterocycles. The number of nitrogens with zero attached hydrogens (tertiary/aromatic N) is 2. The van der Waals surface area contributed by atoms with Crippen LogP contribution in [0, 0.1) is 6.92 Å². The molecule has 0 aliphatic carbocycles. The number of aromatic amines is 2. The lowest BCUT2D eigenvalue weighted by atomic mass is 10.1. The normalized spacial score (nSPS) is 11.3. The lowest BCUT2D eigenvalue weighted by Gasteiger charge is -1.97. The number of fused-ring (bicyclic) bond motifs is 3. The molecule has 2 N–H and O–H groups in total. The van der Waals surface area contributed by atoms with Crippen molar-refractivity contribution in [3.63, 3.8) is 0 Å². The van der Waals surface area contributed by atoms with Crippen LogP contribution in [0.15, 0.2) is 47.4 Å². The molecule has 0 amide bonds. The Morgan fingerprint density at radius 2 is 2.00 bits per heavy atom. The molecule has 0 spiro atoms. The first-order valence-electron chi connectivity index (χ1n) is 6.66. The first-order chi connectivity index (χ1) is 10.2. The molecular weight excluding hydrogens is 264 g/mol. The Bertz CT molecular complexity index is 1030. The average molecular weight is 276 g/mol. The number of hydrogen-bond donors (Lipinski definition) is 2. The summed E-state index contributed by atoms with van der Waals surface area (Å²) in [6, 6.07) is 11.7. The van der Waals surface area contributed by atoms with E-state index in [1.807, 2.05) is 43.3 Å². The Morgan fingerprint density at radius 1 is 1.10 bits per heavy atom. The largest absolute Gasteiger partial charge is 0.333 e. The number of pyridine rings is 2. The van der Waals surface area contributed by atoms with Gasteiger partial charge in [0.05, 0.1) is 0 Å². The molecule has 21 heavy (non-hydrogen) atoms. The van der Waals surface area contributed by atoms with Crippen LogP contribution in [0.3, 0.4) is 0 Å². The van der Waals surface area contributed by atoms with Gasteiger partial charge in [-0.3, -0.25) is 4.79 Å². The average Bonchev–Trinajstić information content (AvgIpc) is 2.93. The molecule has 102 valence electrons. The van der Waals surface area contributed by atoms with Crippen LogP contribution < -0.4 is 5.56 Å². The van der Waals surface area contributed by atoms with E-state index in [-0.39, 0.29) is 5.56 Å². The summed E-state index contributed by atoms with van der Waals surface area (Å²) in [7, 11) is 0. The molecule has 3 aromatic heterocycles. The molecule has 0 aliphatic rings. The molecule has 5 nitrogen and oxygen atoms in total. The Balaban J connectivity index is 2.08. The Labute approximate surface area is 119 Å². The van der Waals surface area contributed by atoms with E-state index in [4.69, 9.17) is 0 Å². The maximum atomic E-state index is 12.1. The van der Waals surface area contributed by atoms with E-state index in [0.717, 1.165) is 16.5 Å². The fraction of sp³-hybridized carbons (Fsp3) is 0.0625. The zero-order valence-electron chi connectivity index (χ0n) is 11.3. The van der Waals surface area contributed by atoms with E-state index in [2.05, 4.69) is 19.9 Å². The van der Waals surface area contributed by atoms with Gasteiger partial charge in [-0.25, -0.2) is 9.97 Å². The van der Waals surface area contributed by atoms with Crippen molar-refractivity contribution < 1.29 is 0 Å². The highest BCUT2D eigenvalue weighted by Gasteiger charge is 2.12. The number of aromatic nitrogens is 4. The van der Waals surface area contributed by atoms with Gasteiger partial charge in [-0.2, -0.15) is 0 Å². The van der Waals surface area contributed by atoms with Gasteiger partial charge in [0, 0.05) is 17.1 Å². The van der Waals surface area contributed by atoms with Gasteiger partial charge in [0.25, 0.3) is 5.56 Å². The van der Waals surface area contributed by atoms with Gasteiger partial charge in [-0.15, -0.1) is 0 Å². The molecule has 3 heterocycles. The van der Waals surface area contributed by atoms with Crippen molar-refractivity contribution in [3.8, 4) is 11.4 Å². The summed E-state index contributed by atoms with van der Waals surface area (Å²) < 4.78 is 0. The first-order valence-corrected chi connectivity index (χ1v) is 6.66. The second kappa shape index (κ2) is 4.28. The molecule has 4 aromatic rings. The van der Waals surface area contributed by atoms with Gasteiger partial charge in [0.15, 0.2) is 0 Å². The summed E-state index contributed by atoms with van der Waals surface area (Å²) in [6.45, 7) is 2.03. The van der Waals surface area contributed by atoms with Crippen LogP contribution in [0.1, 0.15) is 5.56 Å². The van der Waals surface area contributed by atoms with Crippen LogP contribution in [-0.2, 0) is 0 Å². The van der Waals surface area contributed by atoms with Crippen LogP contribution in [0.4, 0.5) is 0 Å². The quantitative estimate of drug-likeness (QED) is 0.561. The third-order valence-corrected chi connectivity index (χ3v) is 3.52. The van der Waals surface area contributed by atoms with Crippen molar-refractivity contribution in [1.82, 2.24) is 19.9 Å². The van der Waals surface area contributed by atoms with Crippen LogP contribution in [0.5, 0.6) is 0 Å². The van der Waals surface area contributed by atoms with E-state index in [0.29, 0.717) is 22.5 Å². The molecule has 1 aromatic carbocycles. The number of nitrogens with one attached hydrogen (secondary N) is 2. The fourth-order valence-corrected chi connectivity index (χ4v) is 2.53. The fourth-order valence-electron chi connectivity index (χ4n) is 2.53. The minimum absolute atomic E-state index is 0.206. The third kappa shape index (κ3) is 1.82. The Hall–Kier alpha value is -2.95. The summed E-state index contributed by atoms with van der Waals surface area (Å²) >= 11 is 0. The lowest BCUT2D eigenvalue weighted by molar-refractivity contribution is 1.24. The van der Waals surface area contributed by atoms with Crippen molar-refractivity contribution in [2.45, 2.75) is 6.92 Å². The monoisotopic (exact) mass is 276 g/mol. The Morgan fingerprint density at radius 3 is 2.86 bits per heavy atom. The summed E-state index contributed by atoms with van der Waals surface area (Å²) in [6.07, 6.45) is 1.65. The van der Waals surface area contributed by atoms with Gasteiger partial charge < -0.3 is 9.97 Å². The maximum Gasteiger partial charge on any atom is 0.275 e. The minimum Gasteiger partial charge on any atom is -0.333 e. The molecule has 0 fully saturated rings. The van der Waals surface area contributed by atoms with Crippen LogP contribution in [0.2, 0.25) is 0 Å². The maximum absolute atomic E-state index is 12.1. The molecule has 0 unspecified atom stereocenters. The number of benzene rings is 1. The van der Waals surface area contributed by atoms with Gasteiger partial charge >= 0.3 is 0 Å². The second-order valence-electron chi connectivity index (χ2n) is 5.03. The zero-order chi connectivity index (χ0) is 14.4. The first kappa shape index (κ1) is 11.8. The van der Waals surface area contributed by atoms with Crippen LogP contribution in [0.25, 0.3) is 33.5 Å². The van der Waals surface area contributed by atoms with Gasteiger partial charge in [-0.1, -0.05) is 23.8 Å². The second-order valence-corrected chi connectivity index (χ2v) is 5.03.